The van der Waals surface area contributed by atoms with Crippen molar-refractivity contribution in [2.75, 3.05) is 46.0 Å². The van der Waals surface area contributed by atoms with Crippen LogP contribution in [0, 0.1) is 11.8 Å². The van der Waals surface area contributed by atoms with Crippen molar-refractivity contribution in [1.82, 2.24) is 9.21 Å². The number of morpholine rings is 1. The Kier molecular flexibility index (Phi) is 6.92. The van der Waals surface area contributed by atoms with Crippen LogP contribution >= 0.6 is 0 Å². The second-order valence-corrected chi connectivity index (χ2v) is 9.80. The maximum absolute atomic E-state index is 12.8. The Bertz CT molecular complexity index is 840. The summed E-state index contributed by atoms with van der Waals surface area (Å²) in [6.45, 7) is 6.41. The molecule has 2 aliphatic heterocycles. The molecule has 2 aliphatic rings. The molecule has 0 unspecified atom stereocenters. The van der Waals surface area contributed by atoms with Gasteiger partial charge >= 0.3 is 5.97 Å². The number of rotatable bonds is 5. The zero-order chi connectivity index (χ0) is 21.0. The third kappa shape index (κ3) is 5.34. The van der Waals surface area contributed by atoms with Crippen LogP contribution in [-0.4, -0.2) is 75.5 Å². The summed E-state index contributed by atoms with van der Waals surface area (Å²) in [5.74, 6) is -0.106. The Morgan fingerprint density at radius 3 is 2.45 bits per heavy atom. The van der Waals surface area contributed by atoms with Crippen LogP contribution in [0.1, 0.15) is 30.6 Å². The molecule has 160 valence electrons. The van der Waals surface area contributed by atoms with Gasteiger partial charge in [-0.3, -0.25) is 4.79 Å². The van der Waals surface area contributed by atoms with E-state index in [1.165, 1.54) is 28.6 Å². The van der Waals surface area contributed by atoms with Crippen LogP contribution in [0.2, 0.25) is 0 Å². The minimum Gasteiger partial charge on any atom is -0.452 e. The number of ether oxygens (including phenoxy) is 2. The van der Waals surface area contributed by atoms with E-state index in [9.17, 15) is 18.0 Å². The van der Waals surface area contributed by atoms with Gasteiger partial charge < -0.3 is 14.4 Å². The molecule has 0 radical (unpaired) electrons. The molecule has 0 N–H and O–H groups in total. The average molecular weight is 425 g/mol. The van der Waals surface area contributed by atoms with Crippen molar-refractivity contribution in [2.24, 2.45) is 11.8 Å². The molecule has 29 heavy (non-hydrogen) atoms. The van der Waals surface area contributed by atoms with Crippen molar-refractivity contribution in [3.8, 4) is 0 Å². The number of piperidine rings is 1. The molecule has 8 nitrogen and oxygen atoms in total. The van der Waals surface area contributed by atoms with Gasteiger partial charge in [0.15, 0.2) is 6.61 Å². The fraction of sp³-hybridized carbons (Fsp3) is 0.600. The van der Waals surface area contributed by atoms with Crippen LogP contribution in [0.25, 0.3) is 0 Å². The number of carbonyl (C=O) groups is 2. The fourth-order valence-corrected chi connectivity index (χ4v) is 5.34. The number of esters is 1. The lowest BCUT2D eigenvalue weighted by Gasteiger charge is -2.34. The number of amides is 1. The minimum absolute atomic E-state index is 0.0267. The van der Waals surface area contributed by atoms with E-state index >= 15 is 0 Å². The molecule has 0 saturated carbocycles. The second kappa shape index (κ2) is 9.23. The molecular weight excluding hydrogens is 396 g/mol. The van der Waals surface area contributed by atoms with Gasteiger partial charge in [-0.15, -0.1) is 0 Å². The Labute approximate surface area is 171 Å². The summed E-state index contributed by atoms with van der Waals surface area (Å²) < 4.78 is 37.2. The SMILES string of the molecule is C[C@@H]1C[C@@H](C)CN(C(=O)COC(=O)c2cccc(S(=O)(=O)N3CCOCC3)c2)C1. The van der Waals surface area contributed by atoms with Crippen LogP contribution in [0.15, 0.2) is 29.2 Å². The highest BCUT2D eigenvalue weighted by Gasteiger charge is 2.28. The van der Waals surface area contributed by atoms with E-state index < -0.39 is 16.0 Å². The molecule has 0 bridgehead atoms. The molecule has 2 atom stereocenters. The van der Waals surface area contributed by atoms with Crippen molar-refractivity contribution >= 4 is 21.9 Å². The lowest BCUT2D eigenvalue weighted by Crippen LogP contribution is -2.44. The minimum atomic E-state index is -3.71. The molecular formula is C20H28N2O6S. The quantitative estimate of drug-likeness (QED) is 0.663. The molecule has 1 amide bonds. The van der Waals surface area contributed by atoms with Gasteiger partial charge in [-0.25, -0.2) is 13.2 Å². The third-order valence-corrected chi connectivity index (χ3v) is 7.12. The highest BCUT2D eigenvalue weighted by molar-refractivity contribution is 7.89. The Morgan fingerprint density at radius 2 is 1.79 bits per heavy atom. The Balaban J connectivity index is 1.63. The molecule has 2 saturated heterocycles. The second-order valence-electron chi connectivity index (χ2n) is 7.87. The van der Waals surface area contributed by atoms with Gasteiger partial charge in [-0.05, 0) is 36.5 Å². The summed E-state index contributed by atoms with van der Waals surface area (Å²) in [7, 11) is -3.71. The summed E-state index contributed by atoms with van der Waals surface area (Å²) in [5.41, 5.74) is 0.104. The van der Waals surface area contributed by atoms with Crippen molar-refractivity contribution < 1.29 is 27.5 Å². The first-order chi connectivity index (χ1) is 13.8. The molecule has 9 heteroatoms. The van der Waals surface area contributed by atoms with Gasteiger partial charge in [0.1, 0.15) is 0 Å². The summed E-state index contributed by atoms with van der Waals surface area (Å²) in [6, 6.07) is 5.72. The van der Waals surface area contributed by atoms with Crippen LogP contribution in [0.3, 0.4) is 0 Å². The predicted molar refractivity (Wildman–Crippen MR) is 106 cm³/mol. The zero-order valence-corrected chi connectivity index (χ0v) is 17.7. The zero-order valence-electron chi connectivity index (χ0n) is 16.9. The lowest BCUT2D eigenvalue weighted by molar-refractivity contribution is -0.137. The maximum atomic E-state index is 12.8. The molecule has 1 aromatic carbocycles. The van der Waals surface area contributed by atoms with Gasteiger partial charge in [-0.1, -0.05) is 19.9 Å². The summed E-state index contributed by atoms with van der Waals surface area (Å²) >= 11 is 0. The molecule has 0 spiro atoms. The van der Waals surface area contributed by atoms with Gasteiger partial charge in [0.05, 0.1) is 23.7 Å². The number of benzene rings is 1. The number of hydrogen-bond acceptors (Lipinski definition) is 6. The molecule has 2 heterocycles. The largest absolute Gasteiger partial charge is 0.452 e. The van der Waals surface area contributed by atoms with Crippen LogP contribution in [0.5, 0.6) is 0 Å². The highest BCUT2D eigenvalue weighted by atomic mass is 32.2. The maximum Gasteiger partial charge on any atom is 0.338 e. The summed E-state index contributed by atoms with van der Waals surface area (Å²) in [5, 5.41) is 0. The first-order valence-electron chi connectivity index (χ1n) is 9.90. The van der Waals surface area contributed by atoms with Gasteiger partial charge in [0.2, 0.25) is 10.0 Å². The number of hydrogen-bond donors (Lipinski definition) is 0. The first-order valence-corrected chi connectivity index (χ1v) is 11.3. The number of carbonyl (C=O) groups excluding carboxylic acids is 2. The average Bonchev–Trinajstić information content (AvgIpc) is 2.71. The monoisotopic (exact) mass is 424 g/mol. The predicted octanol–water partition coefficient (Wildman–Crippen LogP) is 1.37. The van der Waals surface area contributed by atoms with E-state index in [1.54, 1.807) is 4.90 Å². The van der Waals surface area contributed by atoms with E-state index in [4.69, 9.17) is 9.47 Å². The van der Waals surface area contributed by atoms with E-state index in [1.807, 2.05) is 0 Å². The first kappa shape index (κ1) is 21.7. The Hall–Kier alpha value is -1.97. The number of sulfonamides is 1. The number of likely N-dealkylation sites (tertiary alicyclic amines) is 1. The van der Waals surface area contributed by atoms with Crippen molar-refractivity contribution in [2.45, 2.75) is 25.2 Å². The standard InChI is InChI=1S/C20H28N2O6S/c1-15-10-16(2)13-21(12-15)19(23)14-28-20(24)17-4-3-5-18(11-17)29(25,26)22-6-8-27-9-7-22/h3-5,11,15-16H,6-10,12-14H2,1-2H3/t15-,16-/m1/s1. The van der Waals surface area contributed by atoms with Gasteiger partial charge in [-0.2, -0.15) is 4.31 Å². The van der Waals surface area contributed by atoms with E-state index in [0.717, 1.165) is 6.42 Å². The van der Waals surface area contributed by atoms with Crippen molar-refractivity contribution in [3.05, 3.63) is 29.8 Å². The van der Waals surface area contributed by atoms with E-state index in [0.29, 0.717) is 38.1 Å². The van der Waals surface area contributed by atoms with Crippen LogP contribution in [0.4, 0.5) is 0 Å². The Morgan fingerprint density at radius 1 is 1.14 bits per heavy atom. The lowest BCUT2D eigenvalue weighted by atomic mass is 9.92. The summed E-state index contributed by atoms with van der Waals surface area (Å²) in [6.07, 6.45) is 1.08. The normalized spacial score (nSPS) is 23.6. The molecule has 2 fully saturated rings. The molecule has 0 aliphatic carbocycles. The van der Waals surface area contributed by atoms with E-state index in [2.05, 4.69) is 13.8 Å². The molecule has 0 aromatic heterocycles. The smallest absolute Gasteiger partial charge is 0.338 e. The summed E-state index contributed by atoms with van der Waals surface area (Å²) in [4.78, 5) is 26.5. The molecule has 1 aromatic rings. The number of nitrogens with zero attached hydrogens (tertiary/aromatic N) is 2. The van der Waals surface area contributed by atoms with Gasteiger partial charge in [0, 0.05) is 26.2 Å². The van der Waals surface area contributed by atoms with Gasteiger partial charge in [0.25, 0.3) is 5.91 Å². The molecule has 3 rings (SSSR count). The third-order valence-electron chi connectivity index (χ3n) is 5.23. The highest BCUT2D eigenvalue weighted by Crippen LogP contribution is 2.21. The van der Waals surface area contributed by atoms with Crippen molar-refractivity contribution in [1.29, 1.82) is 0 Å². The fourth-order valence-electron chi connectivity index (χ4n) is 3.89. The van der Waals surface area contributed by atoms with E-state index in [-0.39, 0.29) is 36.1 Å². The van der Waals surface area contributed by atoms with Crippen LogP contribution < -0.4 is 0 Å². The van der Waals surface area contributed by atoms with Crippen LogP contribution in [-0.2, 0) is 24.3 Å². The topological polar surface area (TPSA) is 93.2 Å². The van der Waals surface area contributed by atoms with Crippen molar-refractivity contribution in [3.63, 3.8) is 0 Å².